The Morgan fingerprint density at radius 3 is 2.30 bits per heavy atom. The van der Waals surface area contributed by atoms with Gasteiger partial charge in [-0.1, -0.05) is 48.2 Å². The van der Waals surface area contributed by atoms with Crippen LogP contribution in [0.4, 0.5) is 0 Å². The Bertz CT molecular complexity index is 1090. The average molecular weight is 372 g/mol. The average Bonchev–Trinajstić information content (AvgIpc) is 3.32. The van der Waals surface area contributed by atoms with Crippen molar-refractivity contribution in [2.24, 2.45) is 0 Å². The highest BCUT2D eigenvalue weighted by molar-refractivity contribution is 7.98. The summed E-state index contributed by atoms with van der Waals surface area (Å²) in [5, 5.41) is 19.3. The van der Waals surface area contributed by atoms with Gasteiger partial charge in [0.2, 0.25) is 5.16 Å². The molecule has 0 atom stereocenters. The van der Waals surface area contributed by atoms with Crippen LogP contribution in [-0.2, 0) is 5.75 Å². The summed E-state index contributed by atoms with van der Waals surface area (Å²) < 4.78 is 3.57. The molecule has 27 heavy (non-hydrogen) atoms. The Labute approximate surface area is 161 Å². The second kappa shape index (κ2) is 7.48. The van der Waals surface area contributed by atoms with Gasteiger partial charge in [0.05, 0.1) is 28.3 Å². The van der Waals surface area contributed by atoms with Crippen LogP contribution in [0.25, 0.3) is 11.4 Å². The number of hydrogen-bond donors (Lipinski definition) is 0. The molecule has 0 saturated heterocycles. The summed E-state index contributed by atoms with van der Waals surface area (Å²) in [4.78, 5) is 4.37. The number of aromatic nitrogens is 5. The van der Waals surface area contributed by atoms with E-state index < -0.39 is 0 Å². The molecular formula is C20H16N6S. The first kappa shape index (κ1) is 17.1. The van der Waals surface area contributed by atoms with Gasteiger partial charge >= 0.3 is 0 Å². The predicted octanol–water partition coefficient (Wildman–Crippen LogP) is 3.93. The molecule has 0 N–H and O–H groups in total. The number of rotatable bonds is 5. The van der Waals surface area contributed by atoms with Crippen LogP contribution < -0.4 is 0 Å². The third-order valence-corrected chi connectivity index (χ3v) is 4.96. The van der Waals surface area contributed by atoms with Crippen LogP contribution >= 0.6 is 11.8 Å². The summed E-state index contributed by atoms with van der Waals surface area (Å²) in [5.41, 5.74) is 4.07. The third-order valence-electron chi connectivity index (χ3n) is 4.10. The maximum Gasteiger partial charge on any atom is 0.209 e. The van der Waals surface area contributed by atoms with E-state index in [1.165, 1.54) is 11.8 Å². The van der Waals surface area contributed by atoms with E-state index in [9.17, 15) is 5.26 Å². The summed E-state index contributed by atoms with van der Waals surface area (Å²) in [6, 6.07) is 21.9. The molecule has 4 aromatic rings. The van der Waals surface area contributed by atoms with Crippen LogP contribution in [0.3, 0.4) is 0 Å². The molecule has 7 heteroatoms. The highest BCUT2D eigenvalue weighted by Crippen LogP contribution is 2.25. The van der Waals surface area contributed by atoms with Crippen molar-refractivity contribution in [3.05, 3.63) is 83.9 Å². The van der Waals surface area contributed by atoms with E-state index >= 15 is 0 Å². The van der Waals surface area contributed by atoms with Crippen molar-refractivity contribution in [3.8, 4) is 17.4 Å². The highest BCUT2D eigenvalue weighted by Gasteiger charge is 2.17. The first-order valence-electron chi connectivity index (χ1n) is 8.40. The molecule has 0 fully saturated rings. The van der Waals surface area contributed by atoms with Gasteiger partial charge in [0, 0.05) is 5.75 Å². The van der Waals surface area contributed by atoms with Crippen molar-refractivity contribution < 1.29 is 0 Å². The summed E-state index contributed by atoms with van der Waals surface area (Å²) in [7, 11) is 0. The van der Waals surface area contributed by atoms with Gasteiger partial charge < -0.3 is 0 Å². The van der Waals surface area contributed by atoms with Crippen molar-refractivity contribution in [2.45, 2.75) is 17.8 Å². The number of nitrogens with zero attached hydrogens (tertiary/aromatic N) is 6. The van der Waals surface area contributed by atoms with Crippen molar-refractivity contribution in [1.82, 2.24) is 24.5 Å². The minimum Gasteiger partial charge on any atom is -0.235 e. The molecule has 2 aromatic heterocycles. The largest absolute Gasteiger partial charge is 0.235 e. The lowest BCUT2D eigenvalue weighted by Crippen LogP contribution is -2.02. The zero-order chi connectivity index (χ0) is 18.6. The molecule has 0 radical (unpaired) electrons. The zero-order valence-corrected chi connectivity index (χ0v) is 15.5. The van der Waals surface area contributed by atoms with E-state index in [1.54, 1.807) is 11.0 Å². The molecule has 132 valence electrons. The SMILES string of the molecule is Cc1nn(-c2ccccc2)c(CSc2ncn(-c3ccccc3)n2)c1C#N. The van der Waals surface area contributed by atoms with Gasteiger partial charge in [0.15, 0.2) is 0 Å². The third kappa shape index (κ3) is 3.48. The van der Waals surface area contributed by atoms with Crippen molar-refractivity contribution >= 4 is 11.8 Å². The molecule has 0 bridgehead atoms. The molecule has 2 heterocycles. The predicted molar refractivity (Wildman–Crippen MR) is 104 cm³/mol. The first-order chi connectivity index (χ1) is 13.3. The van der Waals surface area contributed by atoms with Crippen LogP contribution in [-0.4, -0.2) is 24.5 Å². The van der Waals surface area contributed by atoms with Gasteiger partial charge in [0.25, 0.3) is 0 Å². The molecule has 0 saturated carbocycles. The zero-order valence-electron chi connectivity index (χ0n) is 14.6. The summed E-state index contributed by atoms with van der Waals surface area (Å²) >= 11 is 1.49. The molecule has 2 aromatic carbocycles. The van der Waals surface area contributed by atoms with Gasteiger partial charge in [0.1, 0.15) is 12.4 Å². The Kier molecular flexibility index (Phi) is 4.73. The molecule has 0 aliphatic carbocycles. The molecule has 0 aliphatic heterocycles. The molecule has 6 nitrogen and oxygen atoms in total. The standard InChI is InChI=1S/C20H16N6S/c1-15-18(12-21)19(26(23-15)17-10-6-3-7-11-17)13-27-20-22-14-25(24-20)16-8-4-2-5-9-16/h2-11,14H,13H2,1H3. The number of hydrogen-bond acceptors (Lipinski definition) is 5. The van der Waals surface area contributed by atoms with E-state index in [0.29, 0.717) is 16.5 Å². The number of benzene rings is 2. The Hall–Kier alpha value is -3.37. The Morgan fingerprint density at radius 1 is 0.963 bits per heavy atom. The fraction of sp³-hybridized carbons (Fsp3) is 0.100. The lowest BCUT2D eigenvalue weighted by Gasteiger charge is -2.06. The second-order valence-corrected chi connectivity index (χ2v) is 6.80. The lowest BCUT2D eigenvalue weighted by atomic mass is 10.2. The quantitative estimate of drug-likeness (QED) is 0.496. The first-order valence-corrected chi connectivity index (χ1v) is 9.38. The fourth-order valence-corrected chi connectivity index (χ4v) is 3.59. The molecule has 0 amide bonds. The fourth-order valence-electron chi connectivity index (χ4n) is 2.79. The van der Waals surface area contributed by atoms with E-state index in [2.05, 4.69) is 21.3 Å². The number of aryl methyl sites for hydroxylation is 1. The number of nitriles is 1. The van der Waals surface area contributed by atoms with Crippen molar-refractivity contribution in [1.29, 1.82) is 5.26 Å². The lowest BCUT2D eigenvalue weighted by molar-refractivity contribution is 0.822. The van der Waals surface area contributed by atoms with Crippen molar-refractivity contribution in [3.63, 3.8) is 0 Å². The van der Waals surface area contributed by atoms with E-state index in [4.69, 9.17) is 0 Å². The minimum absolute atomic E-state index is 0.553. The smallest absolute Gasteiger partial charge is 0.209 e. The maximum absolute atomic E-state index is 9.56. The van der Waals surface area contributed by atoms with E-state index in [-0.39, 0.29) is 0 Å². The van der Waals surface area contributed by atoms with Gasteiger partial charge in [-0.2, -0.15) is 10.4 Å². The van der Waals surface area contributed by atoms with Crippen LogP contribution in [0, 0.1) is 18.3 Å². The normalized spacial score (nSPS) is 10.7. The molecule has 0 aliphatic rings. The summed E-state index contributed by atoms with van der Waals surface area (Å²) in [6.07, 6.45) is 1.70. The maximum atomic E-state index is 9.56. The number of para-hydroxylation sites is 2. The molecule has 0 unspecified atom stereocenters. The molecule has 0 spiro atoms. The van der Waals surface area contributed by atoms with Crippen LogP contribution in [0.5, 0.6) is 0 Å². The summed E-state index contributed by atoms with van der Waals surface area (Å²) in [6.45, 7) is 1.86. The molecular weight excluding hydrogens is 356 g/mol. The van der Waals surface area contributed by atoms with Gasteiger partial charge in [-0.15, -0.1) is 5.10 Å². The van der Waals surface area contributed by atoms with Crippen LogP contribution in [0.1, 0.15) is 17.0 Å². The van der Waals surface area contributed by atoms with Gasteiger partial charge in [-0.05, 0) is 31.2 Å². The Balaban J connectivity index is 1.60. The monoisotopic (exact) mass is 372 g/mol. The summed E-state index contributed by atoms with van der Waals surface area (Å²) in [5.74, 6) is 0.553. The van der Waals surface area contributed by atoms with Crippen LogP contribution in [0.2, 0.25) is 0 Å². The van der Waals surface area contributed by atoms with E-state index in [0.717, 1.165) is 22.8 Å². The molecule has 4 rings (SSSR count). The van der Waals surface area contributed by atoms with Gasteiger partial charge in [-0.25, -0.2) is 14.3 Å². The topological polar surface area (TPSA) is 72.3 Å². The van der Waals surface area contributed by atoms with E-state index in [1.807, 2.05) is 72.3 Å². The minimum atomic E-state index is 0.553. The number of thioether (sulfide) groups is 1. The van der Waals surface area contributed by atoms with Crippen LogP contribution in [0.15, 0.2) is 72.1 Å². The Morgan fingerprint density at radius 2 is 1.63 bits per heavy atom. The van der Waals surface area contributed by atoms with Crippen molar-refractivity contribution in [2.75, 3.05) is 0 Å². The second-order valence-electron chi connectivity index (χ2n) is 5.86. The highest BCUT2D eigenvalue weighted by atomic mass is 32.2. The van der Waals surface area contributed by atoms with Gasteiger partial charge in [-0.3, -0.25) is 0 Å².